The zero-order valence-corrected chi connectivity index (χ0v) is 11.6. The molecular weight excluding hydrogens is 278 g/mol. The van der Waals surface area contributed by atoms with Crippen molar-refractivity contribution in [1.82, 2.24) is 15.2 Å². The Labute approximate surface area is 121 Å². The fourth-order valence-electron chi connectivity index (χ4n) is 2.28. The van der Waals surface area contributed by atoms with E-state index in [0.717, 1.165) is 31.5 Å². The highest BCUT2D eigenvalue weighted by molar-refractivity contribution is 6.32. The van der Waals surface area contributed by atoms with Gasteiger partial charge in [-0.1, -0.05) is 11.6 Å². The van der Waals surface area contributed by atoms with Crippen LogP contribution in [-0.2, 0) is 0 Å². The van der Waals surface area contributed by atoms with E-state index in [1.54, 1.807) is 18.2 Å². The van der Waals surface area contributed by atoms with Crippen molar-refractivity contribution in [2.24, 2.45) is 5.73 Å². The second-order valence-corrected chi connectivity index (χ2v) is 5.38. The Balaban J connectivity index is 1.81. The molecule has 1 aromatic carbocycles. The normalized spacial score (nSPS) is 16.6. The van der Waals surface area contributed by atoms with E-state index in [1.807, 2.05) is 0 Å². The number of phenolic OH excluding ortho intramolecular Hbond substituents is 1. The number of benzene rings is 1. The summed E-state index contributed by atoms with van der Waals surface area (Å²) in [5.74, 6) is 1.37. The summed E-state index contributed by atoms with van der Waals surface area (Å²) in [6.45, 7) is 1.74. The summed E-state index contributed by atoms with van der Waals surface area (Å²) in [5.41, 5.74) is 6.68. The number of anilines is 1. The number of hydrogen-bond acceptors (Lipinski definition) is 5. The second kappa shape index (κ2) is 5.30. The van der Waals surface area contributed by atoms with E-state index in [-0.39, 0.29) is 11.8 Å². The average molecular weight is 294 g/mol. The van der Waals surface area contributed by atoms with Crippen LogP contribution in [0.25, 0.3) is 11.4 Å². The minimum Gasteiger partial charge on any atom is -0.506 e. The van der Waals surface area contributed by atoms with Gasteiger partial charge in [0.05, 0.1) is 5.02 Å². The predicted molar refractivity (Wildman–Crippen MR) is 77.9 cm³/mol. The summed E-state index contributed by atoms with van der Waals surface area (Å²) in [7, 11) is 0. The van der Waals surface area contributed by atoms with Crippen molar-refractivity contribution in [3.05, 3.63) is 23.2 Å². The molecule has 0 spiro atoms. The van der Waals surface area contributed by atoms with Gasteiger partial charge in [0.2, 0.25) is 5.95 Å². The van der Waals surface area contributed by atoms with Gasteiger partial charge < -0.3 is 15.7 Å². The summed E-state index contributed by atoms with van der Waals surface area (Å²) in [5, 5.41) is 16.9. The molecule has 1 fully saturated rings. The fraction of sp³-hybridized carbons (Fsp3) is 0.385. The van der Waals surface area contributed by atoms with E-state index in [4.69, 9.17) is 17.3 Å². The number of rotatable bonds is 2. The van der Waals surface area contributed by atoms with Crippen molar-refractivity contribution in [3.63, 3.8) is 0 Å². The van der Waals surface area contributed by atoms with Gasteiger partial charge in [-0.05, 0) is 31.0 Å². The first-order valence-electron chi connectivity index (χ1n) is 6.55. The molecule has 2 aromatic rings. The van der Waals surface area contributed by atoms with E-state index in [0.29, 0.717) is 16.8 Å². The number of nitrogens with two attached hydrogens (primary N) is 1. The van der Waals surface area contributed by atoms with Crippen LogP contribution in [-0.4, -0.2) is 39.4 Å². The molecule has 1 aliphatic rings. The van der Waals surface area contributed by atoms with Gasteiger partial charge in [-0.2, -0.15) is 4.98 Å². The Morgan fingerprint density at radius 2 is 2.10 bits per heavy atom. The highest BCUT2D eigenvalue weighted by Crippen LogP contribution is 2.28. The van der Waals surface area contributed by atoms with Crippen LogP contribution < -0.4 is 10.6 Å². The number of phenols is 1. The zero-order chi connectivity index (χ0) is 14.1. The summed E-state index contributed by atoms with van der Waals surface area (Å²) in [6, 6.07) is 5.23. The SMILES string of the molecule is NC1CCN(c2n[nH]c(-c3ccc(O)c(Cl)c3)n2)CC1. The molecule has 0 amide bonds. The topological polar surface area (TPSA) is 91.1 Å². The highest BCUT2D eigenvalue weighted by atomic mass is 35.5. The number of nitrogens with one attached hydrogen (secondary N) is 1. The Hall–Kier alpha value is -1.79. The lowest BCUT2D eigenvalue weighted by Gasteiger charge is -2.28. The molecule has 1 aromatic heterocycles. The molecule has 1 aliphatic heterocycles. The smallest absolute Gasteiger partial charge is 0.245 e. The molecule has 0 unspecified atom stereocenters. The number of H-pyrrole nitrogens is 1. The maximum atomic E-state index is 9.43. The zero-order valence-electron chi connectivity index (χ0n) is 10.9. The van der Waals surface area contributed by atoms with Gasteiger partial charge >= 0.3 is 0 Å². The summed E-state index contributed by atoms with van der Waals surface area (Å²) < 4.78 is 0. The number of piperidine rings is 1. The van der Waals surface area contributed by atoms with E-state index in [1.165, 1.54) is 0 Å². The molecule has 4 N–H and O–H groups in total. The highest BCUT2D eigenvalue weighted by Gasteiger charge is 2.19. The van der Waals surface area contributed by atoms with Crippen molar-refractivity contribution in [2.45, 2.75) is 18.9 Å². The van der Waals surface area contributed by atoms with Crippen LogP contribution in [0.15, 0.2) is 18.2 Å². The minimum absolute atomic E-state index is 0.0557. The lowest BCUT2D eigenvalue weighted by molar-refractivity contribution is 0.475. The Morgan fingerprint density at radius 1 is 1.35 bits per heavy atom. The first kappa shape index (κ1) is 13.2. The molecule has 0 aliphatic carbocycles. The van der Waals surface area contributed by atoms with Crippen LogP contribution >= 0.6 is 11.6 Å². The monoisotopic (exact) mass is 293 g/mol. The molecule has 2 heterocycles. The largest absolute Gasteiger partial charge is 0.506 e. The Bertz CT molecular complexity index is 607. The molecular formula is C13H16ClN5O. The van der Waals surface area contributed by atoms with Gasteiger partial charge in [-0.25, -0.2) is 0 Å². The molecule has 0 radical (unpaired) electrons. The van der Waals surface area contributed by atoms with Crippen molar-refractivity contribution < 1.29 is 5.11 Å². The Kier molecular flexibility index (Phi) is 3.50. The van der Waals surface area contributed by atoms with E-state index in [2.05, 4.69) is 20.1 Å². The Morgan fingerprint density at radius 3 is 2.80 bits per heavy atom. The maximum absolute atomic E-state index is 9.43. The quantitative estimate of drug-likeness (QED) is 0.785. The molecule has 0 atom stereocenters. The van der Waals surface area contributed by atoms with Gasteiger partial charge in [0.25, 0.3) is 0 Å². The van der Waals surface area contributed by atoms with Gasteiger partial charge in [0.1, 0.15) is 5.75 Å². The second-order valence-electron chi connectivity index (χ2n) is 4.97. The van der Waals surface area contributed by atoms with Crippen molar-refractivity contribution in [1.29, 1.82) is 0 Å². The van der Waals surface area contributed by atoms with Crippen molar-refractivity contribution in [2.75, 3.05) is 18.0 Å². The lowest BCUT2D eigenvalue weighted by atomic mass is 10.1. The van der Waals surface area contributed by atoms with E-state index in [9.17, 15) is 5.11 Å². The van der Waals surface area contributed by atoms with Crippen LogP contribution in [0.4, 0.5) is 5.95 Å². The van der Waals surface area contributed by atoms with E-state index < -0.39 is 0 Å². The molecule has 6 nitrogen and oxygen atoms in total. The lowest BCUT2D eigenvalue weighted by Crippen LogP contribution is -2.40. The molecule has 1 saturated heterocycles. The third-order valence-corrected chi connectivity index (χ3v) is 3.82. The van der Waals surface area contributed by atoms with Gasteiger partial charge in [0.15, 0.2) is 5.82 Å². The minimum atomic E-state index is 0.0557. The van der Waals surface area contributed by atoms with Crippen LogP contribution in [0.2, 0.25) is 5.02 Å². The van der Waals surface area contributed by atoms with Crippen LogP contribution in [0.1, 0.15) is 12.8 Å². The summed E-state index contributed by atoms with van der Waals surface area (Å²) in [4.78, 5) is 6.59. The number of aromatic amines is 1. The molecule has 20 heavy (non-hydrogen) atoms. The third kappa shape index (κ3) is 2.57. The van der Waals surface area contributed by atoms with Crippen molar-refractivity contribution >= 4 is 17.5 Å². The standard InChI is InChI=1S/C13H16ClN5O/c14-10-7-8(1-2-11(10)20)12-16-13(18-17-12)19-5-3-9(15)4-6-19/h1-2,7,9,20H,3-6,15H2,(H,16,17,18). The first-order chi connectivity index (χ1) is 9.63. The van der Waals surface area contributed by atoms with Gasteiger partial charge in [0, 0.05) is 24.7 Å². The van der Waals surface area contributed by atoms with Gasteiger partial charge in [-0.3, -0.25) is 5.10 Å². The molecule has 0 saturated carbocycles. The molecule has 3 rings (SSSR count). The number of halogens is 1. The molecule has 106 valence electrons. The molecule has 0 bridgehead atoms. The number of aromatic nitrogens is 3. The van der Waals surface area contributed by atoms with Crippen LogP contribution in [0, 0.1) is 0 Å². The van der Waals surface area contributed by atoms with Crippen LogP contribution in [0.5, 0.6) is 5.75 Å². The maximum Gasteiger partial charge on any atom is 0.245 e. The number of hydrogen-bond donors (Lipinski definition) is 3. The molecule has 7 heteroatoms. The first-order valence-corrected chi connectivity index (χ1v) is 6.93. The third-order valence-electron chi connectivity index (χ3n) is 3.52. The predicted octanol–water partition coefficient (Wildman–Crippen LogP) is 1.76. The van der Waals surface area contributed by atoms with E-state index >= 15 is 0 Å². The van der Waals surface area contributed by atoms with Crippen molar-refractivity contribution in [3.8, 4) is 17.1 Å². The number of aromatic hydroxyl groups is 1. The summed E-state index contributed by atoms with van der Waals surface area (Å²) >= 11 is 5.90. The van der Waals surface area contributed by atoms with Gasteiger partial charge in [-0.15, -0.1) is 5.10 Å². The van der Waals surface area contributed by atoms with Crippen LogP contribution in [0.3, 0.4) is 0 Å². The fourth-order valence-corrected chi connectivity index (χ4v) is 2.46. The number of nitrogens with zero attached hydrogens (tertiary/aromatic N) is 3. The summed E-state index contributed by atoms with van der Waals surface area (Å²) in [6.07, 6.45) is 1.91. The average Bonchev–Trinajstić information content (AvgIpc) is 2.92.